The molecule has 1 unspecified atom stereocenters. The molecule has 15 heavy (non-hydrogen) atoms. The number of rotatable bonds is 3. The van der Waals surface area contributed by atoms with E-state index in [1.54, 1.807) is 0 Å². The van der Waals surface area contributed by atoms with E-state index in [1.165, 1.54) is 38.5 Å². The first-order valence-electron chi connectivity index (χ1n) is 6.18. The standard InChI is InChI=1S/C12H22N2O/c1-14(9-11-7-4-8-15-11)12(13)10-5-2-3-6-10/h10-11,13H,2-9H2,1H3. The molecule has 1 saturated carbocycles. The van der Waals surface area contributed by atoms with Crippen LogP contribution in [0.4, 0.5) is 0 Å². The molecule has 2 rings (SSSR count). The number of ether oxygens (including phenoxy) is 1. The van der Waals surface area contributed by atoms with Gasteiger partial charge in [-0.3, -0.25) is 5.41 Å². The summed E-state index contributed by atoms with van der Waals surface area (Å²) >= 11 is 0. The maximum Gasteiger partial charge on any atom is 0.0987 e. The fourth-order valence-corrected chi connectivity index (χ4v) is 2.70. The lowest BCUT2D eigenvalue weighted by atomic mass is 10.1. The Morgan fingerprint density at radius 3 is 2.60 bits per heavy atom. The van der Waals surface area contributed by atoms with Crippen molar-refractivity contribution in [2.24, 2.45) is 5.92 Å². The summed E-state index contributed by atoms with van der Waals surface area (Å²) in [5.74, 6) is 1.36. The van der Waals surface area contributed by atoms with Crippen molar-refractivity contribution in [3.63, 3.8) is 0 Å². The number of hydrogen-bond acceptors (Lipinski definition) is 2. The molecule has 1 saturated heterocycles. The maximum absolute atomic E-state index is 8.13. The SMILES string of the molecule is CN(CC1CCCO1)C(=N)C1CCCC1. The predicted molar refractivity (Wildman–Crippen MR) is 61.3 cm³/mol. The topological polar surface area (TPSA) is 36.3 Å². The van der Waals surface area contributed by atoms with E-state index >= 15 is 0 Å². The van der Waals surface area contributed by atoms with Gasteiger partial charge in [0.1, 0.15) is 0 Å². The summed E-state index contributed by atoms with van der Waals surface area (Å²) in [5, 5.41) is 8.13. The van der Waals surface area contributed by atoms with Crippen LogP contribution in [0.3, 0.4) is 0 Å². The molecule has 0 aromatic heterocycles. The summed E-state index contributed by atoms with van der Waals surface area (Å²) in [6.07, 6.45) is 7.78. The Morgan fingerprint density at radius 1 is 1.27 bits per heavy atom. The molecule has 3 heteroatoms. The Balaban J connectivity index is 1.78. The molecule has 3 nitrogen and oxygen atoms in total. The van der Waals surface area contributed by atoms with Crippen LogP contribution in [0.25, 0.3) is 0 Å². The third-order valence-corrected chi connectivity index (χ3v) is 3.65. The van der Waals surface area contributed by atoms with Crippen molar-refractivity contribution in [2.75, 3.05) is 20.2 Å². The van der Waals surface area contributed by atoms with Crippen molar-refractivity contribution >= 4 is 5.84 Å². The van der Waals surface area contributed by atoms with Gasteiger partial charge in [-0.2, -0.15) is 0 Å². The second kappa shape index (κ2) is 4.97. The number of nitrogens with zero attached hydrogens (tertiary/aromatic N) is 1. The summed E-state index contributed by atoms with van der Waals surface area (Å²) < 4.78 is 5.60. The van der Waals surface area contributed by atoms with Gasteiger partial charge in [0.05, 0.1) is 11.9 Å². The van der Waals surface area contributed by atoms with Crippen LogP contribution in [0.5, 0.6) is 0 Å². The zero-order valence-electron chi connectivity index (χ0n) is 9.67. The third kappa shape index (κ3) is 2.71. The van der Waals surface area contributed by atoms with Crippen molar-refractivity contribution in [1.82, 2.24) is 4.90 Å². The molecule has 1 N–H and O–H groups in total. The Bertz CT molecular complexity index is 218. The Kier molecular flexibility index (Phi) is 3.62. The third-order valence-electron chi connectivity index (χ3n) is 3.65. The lowest BCUT2D eigenvalue weighted by Gasteiger charge is -2.26. The smallest absolute Gasteiger partial charge is 0.0987 e. The van der Waals surface area contributed by atoms with Crippen LogP contribution in [0.1, 0.15) is 38.5 Å². The van der Waals surface area contributed by atoms with Crippen LogP contribution < -0.4 is 0 Å². The van der Waals surface area contributed by atoms with E-state index in [1.807, 2.05) is 7.05 Å². The van der Waals surface area contributed by atoms with E-state index in [9.17, 15) is 0 Å². The van der Waals surface area contributed by atoms with Crippen LogP contribution >= 0.6 is 0 Å². The molecular weight excluding hydrogens is 188 g/mol. The van der Waals surface area contributed by atoms with E-state index < -0.39 is 0 Å². The van der Waals surface area contributed by atoms with Crippen LogP contribution in [-0.4, -0.2) is 37.0 Å². The summed E-state index contributed by atoms with van der Waals surface area (Å²) in [4.78, 5) is 2.10. The van der Waals surface area contributed by atoms with E-state index in [0.29, 0.717) is 12.0 Å². The minimum absolute atomic E-state index is 0.372. The van der Waals surface area contributed by atoms with Crippen LogP contribution in [0.2, 0.25) is 0 Å². The van der Waals surface area contributed by atoms with Gasteiger partial charge in [0.15, 0.2) is 0 Å². The minimum Gasteiger partial charge on any atom is -0.376 e. The van der Waals surface area contributed by atoms with Crippen molar-refractivity contribution in [3.8, 4) is 0 Å². The predicted octanol–water partition coefficient (Wildman–Crippen LogP) is 2.26. The van der Waals surface area contributed by atoms with E-state index in [4.69, 9.17) is 10.1 Å². The Hall–Kier alpha value is -0.570. The van der Waals surface area contributed by atoms with Crippen LogP contribution in [0, 0.1) is 11.3 Å². The van der Waals surface area contributed by atoms with Gasteiger partial charge in [0, 0.05) is 26.1 Å². The van der Waals surface area contributed by atoms with Gasteiger partial charge in [-0.15, -0.1) is 0 Å². The first-order valence-corrected chi connectivity index (χ1v) is 6.18. The second-order valence-corrected chi connectivity index (χ2v) is 4.88. The molecule has 2 aliphatic rings. The average Bonchev–Trinajstić information content (AvgIpc) is 2.88. The molecule has 0 spiro atoms. The Labute approximate surface area is 92.3 Å². The lowest BCUT2D eigenvalue weighted by molar-refractivity contribution is 0.0947. The van der Waals surface area contributed by atoms with E-state index in [-0.39, 0.29) is 0 Å². The number of nitrogens with one attached hydrogen (secondary N) is 1. The van der Waals surface area contributed by atoms with Gasteiger partial charge in [-0.05, 0) is 25.7 Å². The van der Waals surface area contributed by atoms with E-state index in [0.717, 1.165) is 19.0 Å². The van der Waals surface area contributed by atoms with Crippen molar-refractivity contribution < 1.29 is 4.74 Å². The second-order valence-electron chi connectivity index (χ2n) is 4.88. The molecule has 1 aliphatic carbocycles. The summed E-state index contributed by atoms with van der Waals surface area (Å²) in [6, 6.07) is 0. The highest BCUT2D eigenvalue weighted by Crippen LogP contribution is 2.26. The van der Waals surface area contributed by atoms with Crippen molar-refractivity contribution in [1.29, 1.82) is 5.41 Å². The molecule has 1 atom stereocenters. The van der Waals surface area contributed by atoms with Gasteiger partial charge in [-0.25, -0.2) is 0 Å². The molecule has 0 bridgehead atoms. The molecular formula is C12H22N2O. The quantitative estimate of drug-likeness (QED) is 0.573. The van der Waals surface area contributed by atoms with Crippen LogP contribution in [-0.2, 0) is 4.74 Å². The highest BCUT2D eigenvalue weighted by Gasteiger charge is 2.24. The number of hydrogen-bond donors (Lipinski definition) is 1. The summed E-state index contributed by atoms with van der Waals surface area (Å²) in [6.45, 7) is 1.82. The Morgan fingerprint density at radius 2 is 2.00 bits per heavy atom. The van der Waals surface area contributed by atoms with Gasteiger partial charge in [0.25, 0.3) is 0 Å². The van der Waals surface area contributed by atoms with Crippen LogP contribution in [0.15, 0.2) is 0 Å². The minimum atomic E-state index is 0.372. The van der Waals surface area contributed by atoms with Gasteiger partial charge < -0.3 is 9.64 Å². The monoisotopic (exact) mass is 210 g/mol. The molecule has 0 amide bonds. The van der Waals surface area contributed by atoms with E-state index in [2.05, 4.69) is 4.90 Å². The summed E-state index contributed by atoms with van der Waals surface area (Å²) in [5.41, 5.74) is 0. The number of amidine groups is 1. The zero-order valence-corrected chi connectivity index (χ0v) is 9.67. The fourth-order valence-electron chi connectivity index (χ4n) is 2.70. The molecule has 0 aromatic rings. The largest absolute Gasteiger partial charge is 0.376 e. The molecule has 1 heterocycles. The zero-order chi connectivity index (χ0) is 10.7. The summed E-state index contributed by atoms with van der Waals surface area (Å²) in [7, 11) is 2.04. The number of likely N-dealkylation sites (N-methyl/N-ethyl adjacent to an activating group) is 1. The molecule has 1 aliphatic heterocycles. The highest BCUT2D eigenvalue weighted by molar-refractivity contribution is 5.81. The average molecular weight is 210 g/mol. The highest BCUT2D eigenvalue weighted by atomic mass is 16.5. The normalized spacial score (nSPS) is 27.1. The fraction of sp³-hybridized carbons (Fsp3) is 0.917. The maximum atomic E-state index is 8.13. The molecule has 0 aromatic carbocycles. The first kappa shape index (κ1) is 10.9. The first-order chi connectivity index (χ1) is 7.27. The molecule has 0 radical (unpaired) electrons. The van der Waals surface area contributed by atoms with Gasteiger partial charge in [-0.1, -0.05) is 12.8 Å². The van der Waals surface area contributed by atoms with Gasteiger partial charge in [0.2, 0.25) is 0 Å². The molecule has 86 valence electrons. The van der Waals surface area contributed by atoms with Crippen molar-refractivity contribution in [2.45, 2.75) is 44.6 Å². The van der Waals surface area contributed by atoms with Gasteiger partial charge >= 0.3 is 0 Å². The molecule has 2 fully saturated rings. The van der Waals surface area contributed by atoms with Crippen molar-refractivity contribution in [3.05, 3.63) is 0 Å². The lowest BCUT2D eigenvalue weighted by Crippen LogP contribution is -2.36.